The van der Waals surface area contributed by atoms with Crippen LogP contribution in [0.5, 0.6) is 0 Å². The van der Waals surface area contributed by atoms with Crippen LogP contribution in [-0.2, 0) is 14.4 Å². The molecule has 2 N–H and O–H groups in total. The van der Waals surface area contributed by atoms with Crippen molar-refractivity contribution in [1.82, 2.24) is 15.1 Å². The van der Waals surface area contributed by atoms with Crippen LogP contribution in [0.1, 0.15) is 40.9 Å². The minimum absolute atomic E-state index is 0.116. The molecule has 2 atom stereocenters. The Morgan fingerprint density at radius 1 is 1.12 bits per heavy atom. The number of nitro groups is 1. The Morgan fingerprint density at radius 2 is 1.79 bits per heavy atom. The summed E-state index contributed by atoms with van der Waals surface area (Å²) >= 11 is 0. The minimum atomic E-state index is -1.29. The number of hydrogen-bond donors (Lipinski definition) is 2. The van der Waals surface area contributed by atoms with Crippen LogP contribution in [0.15, 0.2) is 48.5 Å². The van der Waals surface area contributed by atoms with E-state index in [1.807, 2.05) is 13.0 Å². The number of rotatable bonds is 7. The van der Waals surface area contributed by atoms with E-state index in [0.717, 1.165) is 5.56 Å². The van der Waals surface area contributed by atoms with E-state index in [-0.39, 0.29) is 24.3 Å². The smallest absolute Gasteiger partial charge is 0.305 e. The van der Waals surface area contributed by atoms with Gasteiger partial charge in [0.1, 0.15) is 0 Å². The number of benzene rings is 2. The molecule has 1 aliphatic heterocycles. The molecular formula is C23H24N4O7. The molecule has 1 aliphatic rings. The van der Waals surface area contributed by atoms with Gasteiger partial charge < -0.3 is 20.2 Å². The highest BCUT2D eigenvalue weighted by molar-refractivity contribution is 5.99. The molecule has 0 aliphatic carbocycles. The van der Waals surface area contributed by atoms with Crippen LogP contribution < -0.4 is 5.32 Å². The van der Waals surface area contributed by atoms with E-state index in [9.17, 15) is 34.4 Å². The van der Waals surface area contributed by atoms with Crippen LogP contribution in [0, 0.1) is 17.0 Å². The fourth-order valence-electron chi connectivity index (χ4n) is 3.93. The standard InChI is InChI=1S/C23H24N4O7/c1-14-5-3-7-17(11-14)23(32)26-10-9-25(15(2)28)22(26)21(31)24-19(13-20(29)30)16-6-4-8-18(12-16)27(33)34/h3-8,11-12,19,22H,9-10,13H2,1-2H3,(H,24,31)(H,29,30). The number of carboxylic acid groups (broad SMARTS) is 1. The highest BCUT2D eigenvalue weighted by Gasteiger charge is 2.42. The number of nitrogens with zero attached hydrogens (tertiary/aromatic N) is 3. The van der Waals surface area contributed by atoms with Crippen molar-refractivity contribution < 1.29 is 29.2 Å². The molecule has 34 heavy (non-hydrogen) atoms. The Hall–Kier alpha value is -4.28. The second-order valence-corrected chi connectivity index (χ2v) is 7.97. The molecule has 178 valence electrons. The largest absolute Gasteiger partial charge is 0.481 e. The third-order valence-corrected chi connectivity index (χ3v) is 5.52. The SMILES string of the molecule is CC(=O)N1CCN(C(=O)c2cccc(C)c2)C1C(=O)NC(CC(=O)O)c1cccc([N+](=O)[O-])c1. The van der Waals surface area contributed by atoms with E-state index in [1.165, 1.54) is 41.0 Å². The summed E-state index contributed by atoms with van der Waals surface area (Å²) in [5, 5.41) is 23.1. The van der Waals surface area contributed by atoms with Crippen LogP contribution >= 0.6 is 0 Å². The second kappa shape index (κ2) is 10.1. The summed E-state index contributed by atoms with van der Waals surface area (Å²) in [6, 6.07) is 11.0. The highest BCUT2D eigenvalue weighted by Crippen LogP contribution is 2.24. The maximum atomic E-state index is 13.3. The molecule has 3 rings (SSSR count). The molecule has 11 nitrogen and oxygen atoms in total. The van der Waals surface area contributed by atoms with Gasteiger partial charge in [-0.15, -0.1) is 0 Å². The summed E-state index contributed by atoms with van der Waals surface area (Å²) < 4.78 is 0. The molecule has 0 spiro atoms. The average molecular weight is 468 g/mol. The van der Waals surface area contributed by atoms with E-state index >= 15 is 0 Å². The fourth-order valence-corrected chi connectivity index (χ4v) is 3.93. The van der Waals surface area contributed by atoms with Gasteiger partial charge in [-0.25, -0.2) is 0 Å². The van der Waals surface area contributed by atoms with E-state index < -0.39 is 47.2 Å². The lowest BCUT2D eigenvalue weighted by atomic mass is 10.0. The molecule has 0 bridgehead atoms. The first-order chi connectivity index (χ1) is 16.1. The van der Waals surface area contributed by atoms with Crippen molar-refractivity contribution in [3.05, 3.63) is 75.3 Å². The van der Waals surface area contributed by atoms with Gasteiger partial charge in [-0.05, 0) is 24.6 Å². The Kier molecular flexibility index (Phi) is 7.24. The molecule has 11 heteroatoms. The van der Waals surface area contributed by atoms with Gasteiger partial charge in [-0.1, -0.05) is 29.8 Å². The predicted molar refractivity (Wildman–Crippen MR) is 120 cm³/mol. The molecular weight excluding hydrogens is 444 g/mol. The number of carbonyl (C=O) groups is 4. The number of aliphatic carboxylic acids is 1. The number of carboxylic acids is 1. The van der Waals surface area contributed by atoms with Gasteiger partial charge in [-0.3, -0.25) is 29.3 Å². The van der Waals surface area contributed by atoms with Crippen LogP contribution in [-0.4, -0.2) is 62.8 Å². The van der Waals surface area contributed by atoms with Gasteiger partial charge in [0.2, 0.25) is 5.91 Å². The average Bonchev–Trinajstić information content (AvgIpc) is 3.23. The monoisotopic (exact) mass is 468 g/mol. The van der Waals surface area contributed by atoms with Gasteiger partial charge in [0, 0.05) is 37.7 Å². The van der Waals surface area contributed by atoms with Crippen molar-refractivity contribution in [3.8, 4) is 0 Å². The normalized spacial score (nSPS) is 16.1. The summed E-state index contributed by atoms with van der Waals surface area (Å²) in [7, 11) is 0. The Balaban J connectivity index is 1.92. The Bertz CT molecular complexity index is 1150. The van der Waals surface area contributed by atoms with Crippen LogP contribution in [0.2, 0.25) is 0 Å². The lowest BCUT2D eigenvalue weighted by molar-refractivity contribution is -0.384. The van der Waals surface area contributed by atoms with E-state index in [4.69, 9.17) is 0 Å². The van der Waals surface area contributed by atoms with E-state index in [2.05, 4.69) is 5.32 Å². The number of aryl methyl sites for hydroxylation is 1. The first-order valence-electron chi connectivity index (χ1n) is 10.5. The number of non-ortho nitro benzene ring substituents is 1. The molecule has 1 saturated heterocycles. The molecule has 1 fully saturated rings. The van der Waals surface area contributed by atoms with E-state index in [1.54, 1.807) is 18.2 Å². The van der Waals surface area contributed by atoms with Crippen molar-refractivity contribution in [2.45, 2.75) is 32.5 Å². The first-order valence-corrected chi connectivity index (χ1v) is 10.5. The minimum Gasteiger partial charge on any atom is -0.481 e. The third kappa shape index (κ3) is 5.37. The van der Waals surface area contributed by atoms with Crippen LogP contribution in [0.3, 0.4) is 0 Å². The fraction of sp³-hybridized carbons (Fsp3) is 0.304. The predicted octanol–water partition coefficient (Wildman–Crippen LogP) is 1.87. The van der Waals surface area contributed by atoms with Crippen molar-refractivity contribution >= 4 is 29.4 Å². The summed E-state index contributed by atoms with van der Waals surface area (Å²) in [4.78, 5) is 63.2. The van der Waals surface area contributed by atoms with Crippen molar-refractivity contribution in [3.63, 3.8) is 0 Å². The molecule has 1 heterocycles. The summed E-state index contributed by atoms with van der Waals surface area (Å²) in [6.07, 6.45) is -1.84. The zero-order valence-electron chi connectivity index (χ0n) is 18.6. The van der Waals surface area contributed by atoms with E-state index in [0.29, 0.717) is 5.56 Å². The maximum Gasteiger partial charge on any atom is 0.305 e. The lowest BCUT2D eigenvalue weighted by Crippen LogP contribution is -2.54. The molecule has 0 saturated carbocycles. The third-order valence-electron chi connectivity index (χ3n) is 5.52. The molecule has 2 unspecified atom stereocenters. The van der Waals surface area contributed by atoms with Gasteiger partial charge in [-0.2, -0.15) is 0 Å². The second-order valence-electron chi connectivity index (χ2n) is 7.97. The number of nitrogens with one attached hydrogen (secondary N) is 1. The topological polar surface area (TPSA) is 150 Å². The molecule has 0 aromatic heterocycles. The number of carbonyl (C=O) groups excluding carboxylic acids is 3. The van der Waals surface area contributed by atoms with Crippen LogP contribution in [0.4, 0.5) is 5.69 Å². The first kappa shape index (κ1) is 24.4. The summed E-state index contributed by atoms with van der Waals surface area (Å²) in [6.45, 7) is 3.34. The summed E-state index contributed by atoms with van der Waals surface area (Å²) in [5.74, 6) is -2.87. The van der Waals surface area contributed by atoms with Gasteiger partial charge in [0.25, 0.3) is 17.5 Å². The van der Waals surface area contributed by atoms with Gasteiger partial charge in [0.05, 0.1) is 17.4 Å². The van der Waals surface area contributed by atoms with Gasteiger partial charge >= 0.3 is 5.97 Å². The Morgan fingerprint density at radius 3 is 2.41 bits per heavy atom. The van der Waals surface area contributed by atoms with Crippen molar-refractivity contribution in [2.75, 3.05) is 13.1 Å². The molecule has 0 radical (unpaired) electrons. The highest BCUT2D eigenvalue weighted by atomic mass is 16.6. The Labute approximate surface area is 195 Å². The molecule has 2 aromatic rings. The van der Waals surface area contributed by atoms with Gasteiger partial charge in [0.15, 0.2) is 6.17 Å². The molecule has 2 aromatic carbocycles. The number of hydrogen-bond acceptors (Lipinski definition) is 6. The molecule has 3 amide bonds. The maximum absolute atomic E-state index is 13.3. The quantitative estimate of drug-likeness (QED) is 0.465. The number of nitro benzene ring substituents is 1. The zero-order chi connectivity index (χ0) is 25.0. The number of amides is 3. The zero-order valence-corrected chi connectivity index (χ0v) is 18.6. The lowest BCUT2D eigenvalue weighted by Gasteiger charge is -2.30. The van der Waals surface area contributed by atoms with Crippen molar-refractivity contribution in [2.24, 2.45) is 0 Å². The summed E-state index contributed by atoms with van der Waals surface area (Å²) in [5.41, 5.74) is 1.16. The van der Waals surface area contributed by atoms with Crippen molar-refractivity contribution in [1.29, 1.82) is 0 Å². The van der Waals surface area contributed by atoms with Crippen LogP contribution in [0.25, 0.3) is 0 Å².